The summed E-state index contributed by atoms with van der Waals surface area (Å²) in [6.45, 7) is 0.591. The van der Waals surface area contributed by atoms with E-state index in [1.165, 1.54) is 7.11 Å². The molecule has 1 N–H and O–H groups in total. The molecule has 0 bridgehead atoms. The van der Waals surface area contributed by atoms with E-state index in [0.717, 1.165) is 5.56 Å². The molecule has 0 fully saturated rings. The van der Waals surface area contributed by atoms with Crippen LogP contribution in [-0.2, 0) is 11.3 Å². The Morgan fingerprint density at radius 3 is 3.12 bits per heavy atom. The molecular formula is C12H12N2O3. The van der Waals surface area contributed by atoms with Crippen LogP contribution in [-0.4, -0.2) is 18.1 Å². The molecule has 0 aliphatic rings. The van der Waals surface area contributed by atoms with E-state index in [2.05, 4.69) is 15.0 Å². The van der Waals surface area contributed by atoms with E-state index in [0.29, 0.717) is 17.9 Å². The number of furan rings is 1. The lowest BCUT2D eigenvalue weighted by Crippen LogP contribution is -2.05. The van der Waals surface area contributed by atoms with Crippen LogP contribution in [0.4, 0.5) is 5.82 Å². The highest BCUT2D eigenvalue weighted by atomic mass is 16.5. The summed E-state index contributed by atoms with van der Waals surface area (Å²) in [5, 5.41) is 3.09. The molecule has 0 aliphatic carbocycles. The minimum absolute atomic E-state index is 0.376. The molecule has 0 spiro atoms. The number of esters is 1. The SMILES string of the molecule is COC(=O)c1ccnc(NCc2ccoc2)c1. The van der Waals surface area contributed by atoms with Crippen molar-refractivity contribution >= 4 is 11.8 Å². The number of carbonyl (C=O) groups is 1. The van der Waals surface area contributed by atoms with Gasteiger partial charge in [-0.2, -0.15) is 0 Å². The molecule has 0 saturated heterocycles. The maximum Gasteiger partial charge on any atom is 0.338 e. The summed E-state index contributed by atoms with van der Waals surface area (Å²) in [4.78, 5) is 15.4. The van der Waals surface area contributed by atoms with Crippen molar-refractivity contribution in [2.45, 2.75) is 6.54 Å². The number of anilines is 1. The van der Waals surface area contributed by atoms with E-state index in [4.69, 9.17) is 4.42 Å². The molecule has 0 radical (unpaired) electrons. The van der Waals surface area contributed by atoms with Crippen LogP contribution < -0.4 is 5.32 Å². The number of hydrogen-bond acceptors (Lipinski definition) is 5. The van der Waals surface area contributed by atoms with Crippen LogP contribution in [0, 0.1) is 0 Å². The summed E-state index contributed by atoms with van der Waals surface area (Å²) < 4.78 is 9.58. The Morgan fingerprint density at radius 1 is 1.53 bits per heavy atom. The van der Waals surface area contributed by atoms with E-state index in [9.17, 15) is 4.79 Å². The van der Waals surface area contributed by atoms with Gasteiger partial charge in [-0.1, -0.05) is 0 Å². The second kappa shape index (κ2) is 5.16. The van der Waals surface area contributed by atoms with Crippen molar-refractivity contribution in [2.24, 2.45) is 0 Å². The normalized spacial score (nSPS) is 9.94. The maximum atomic E-state index is 11.3. The number of nitrogens with one attached hydrogen (secondary N) is 1. The number of carbonyl (C=O) groups excluding carboxylic acids is 1. The quantitative estimate of drug-likeness (QED) is 0.817. The number of hydrogen-bond donors (Lipinski definition) is 1. The van der Waals surface area contributed by atoms with Crippen molar-refractivity contribution in [1.29, 1.82) is 0 Å². The fourth-order valence-electron chi connectivity index (χ4n) is 1.36. The third-order valence-corrected chi connectivity index (χ3v) is 2.23. The summed E-state index contributed by atoms with van der Waals surface area (Å²) in [6, 6.07) is 5.11. The molecule has 2 heterocycles. The first kappa shape index (κ1) is 11.2. The van der Waals surface area contributed by atoms with Gasteiger partial charge in [0.15, 0.2) is 0 Å². The standard InChI is InChI=1S/C12H12N2O3/c1-16-12(15)10-2-4-13-11(6-10)14-7-9-3-5-17-8-9/h2-6,8H,7H2,1H3,(H,13,14). The third-order valence-electron chi connectivity index (χ3n) is 2.23. The van der Waals surface area contributed by atoms with Crippen molar-refractivity contribution < 1.29 is 13.9 Å². The van der Waals surface area contributed by atoms with E-state index < -0.39 is 0 Å². The first-order chi connectivity index (χ1) is 8.29. The number of methoxy groups -OCH3 is 1. The molecule has 88 valence electrons. The molecule has 2 aromatic rings. The zero-order valence-electron chi connectivity index (χ0n) is 9.34. The van der Waals surface area contributed by atoms with Gasteiger partial charge in [0.1, 0.15) is 5.82 Å². The monoisotopic (exact) mass is 232 g/mol. The van der Waals surface area contributed by atoms with Crippen molar-refractivity contribution in [3.63, 3.8) is 0 Å². The largest absolute Gasteiger partial charge is 0.472 e. The zero-order valence-corrected chi connectivity index (χ0v) is 9.34. The van der Waals surface area contributed by atoms with E-state index >= 15 is 0 Å². The third kappa shape index (κ3) is 2.84. The zero-order chi connectivity index (χ0) is 12.1. The first-order valence-corrected chi connectivity index (χ1v) is 5.09. The molecule has 2 aromatic heterocycles. The first-order valence-electron chi connectivity index (χ1n) is 5.09. The van der Waals surface area contributed by atoms with Crippen LogP contribution in [0.25, 0.3) is 0 Å². The van der Waals surface area contributed by atoms with Gasteiger partial charge in [0.2, 0.25) is 0 Å². The van der Waals surface area contributed by atoms with E-state index in [1.54, 1.807) is 30.9 Å². The average Bonchev–Trinajstić information content (AvgIpc) is 2.89. The van der Waals surface area contributed by atoms with Crippen molar-refractivity contribution in [3.05, 3.63) is 48.0 Å². The van der Waals surface area contributed by atoms with Gasteiger partial charge < -0.3 is 14.5 Å². The number of pyridine rings is 1. The van der Waals surface area contributed by atoms with Crippen LogP contribution in [0.5, 0.6) is 0 Å². The predicted octanol–water partition coefficient (Wildman–Crippen LogP) is 2.07. The van der Waals surface area contributed by atoms with Gasteiger partial charge in [-0.3, -0.25) is 0 Å². The van der Waals surface area contributed by atoms with Gasteiger partial charge >= 0.3 is 5.97 Å². The summed E-state index contributed by atoms with van der Waals surface area (Å²) >= 11 is 0. The summed E-state index contributed by atoms with van der Waals surface area (Å²) in [5.74, 6) is 0.243. The van der Waals surface area contributed by atoms with Crippen LogP contribution in [0.15, 0.2) is 41.3 Å². The fourth-order valence-corrected chi connectivity index (χ4v) is 1.36. The molecule has 2 rings (SSSR count). The summed E-state index contributed by atoms with van der Waals surface area (Å²) in [6.07, 6.45) is 4.82. The second-order valence-corrected chi connectivity index (χ2v) is 3.41. The van der Waals surface area contributed by atoms with Crippen molar-refractivity contribution in [3.8, 4) is 0 Å². The van der Waals surface area contributed by atoms with Crippen molar-refractivity contribution in [2.75, 3.05) is 12.4 Å². The lowest BCUT2D eigenvalue weighted by molar-refractivity contribution is 0.0600. The number of ether oxygens (including phenoxy) is 1. The second-order valence-electron chi connectivity index (χ2n) is 3.41. The Morgan fingerprint density at radius 2 is 2.41 bits per heavy atom. The van der Waals surface area contributed by atoms with Gasteiger partial charge in [0.05, 0.1) is 25.2 Å². The van der Waals surface area contributed by atoms with Gasteiger partial charge in [-0.05, 0) is 18.2 Å². The van der Waals surface area contributed by atoms with Crippen LogP contribution in [0.3, 0.4) is 0 Å². The Kier molecular flexibility index (Phi) is 3.40. The van der Waals surface area contributed by atoms with Gasteiger partial charge in [0, 0.05) is 18.3 Å². The Labute approximate surface area is 98.4 Å². The molecule has 5 nitrogen and oxygen atoms in total. The molecule has 0 amide bonds. The number of aromatic nitrogens is 1. The molecule has 0 aromatic carbocycles. The van der Waals surface area contributed by atoms with E-state index in [-0.39, 0.29) is 5.97 Å². The minimum Gasteiger partial charge on any atom is -0.472 e. The topological polar surface area (TPSA) is 64.4 Å². The molecular weight excluding hydrogens is 220 g/mol. The fraction of sp³-hybridized carbons (Fsp3) is 0.167. The molecule has 17 heavy (non-hydrogen) atoms. The maximum absolute atomic E-state index is 11.3. The Bertz CT molecular complexity index is 494. The molecule has 5 heteroatoms. The van der Waals surface area contributed by atoms with Crippen LogP contribution >= 0.6 is 0 Å². The lowest BCUT2D eigenvalue weighted by atomic mass is 10.2. The summed E-state index contributed by atoms with van der Waals surface area (Å²) in [5.41, 5.74) is 1.48. The molecule has 0 aliphatic heterocycles. The number of rotatable bonds is 4. The summed E-state index contributed by atoms with van der Waals surface area (Å²) in [7, 11) is 1.35. The highest BCUT2D eigenvalue weighted by molar-refractivity contribution is 5.89. The smallest absolute Gasteiger partial charge is 0.338 e. The Balaban J connectivity index is 2.03. The van der Waals surface area contributed by atoms with Gasteiger partial charge in [-0.15, -0.1) is 0 Å². The predicted molar refractivity (Wildman–Crippen MR) is 61.6 cm³/mol. The number of nitrogens with zero attached hydrogens (tertiary/aromatic N) is 1. The highest BCUT2D eigenvalue weighted by Gasteiger charge is 2.06. The van der Waals surface area contributed by atoms with Crippen molar-refractivity contribution in [1.82, 2.24) is 4.98 Å². The van der Waals surface area contributed by atoms with E-state index in [1.807, 2.05) is 6.07 Å². The van der Waals surface area contributed by atoms with Gasteiger partial charge in [-0.25, -0.2) is 9.78 Å². The minimum atomic E-state index is -0.376. The molecule has 0 unspecified atom stereocenters. The van der Waals surface area contributed by atoms with Crippen LogP contribution in [0.1, 0.15) is 15.9 Å². The van der Waals surface area contributed by atoms with Crippen LogP contribution in [0.2, 0.25) is 0 Å². The lowest BCUT2D eigenvalue weighted by Gasteiger charge is -2.05. The molecule has 0 atom stereocenters. The van der Waals surface area contributed by atoms with Gasteiger partial charge in [0.25, 0.3) is 0 Å². The molecule has 0 saturated carbocycles. The Hall–Kier alpha value is -2.30. The average molecular weight is 232 g/mol. The highest BCUT2D eigenvalue weighted by Crippen LogP contribution is 2.10.